The highest BCUT2D eigenvalue weighted by atomic mass is 32.1. The van der Waals surface area contributed by atoms with Crippen molar-refractivity contribution >= 4 is 23.3 Å². The molecular formula is C19H17N3O2S. The number of thiazole rings is 1. The van der Waals surface area contributed by atoms with Crippen LogP contribution in [0.5, 0.6) is 5.75 Å². The van der Waals surface area contributed by atoms with Gasteiger partial charge >= 0.3 is 0 Å². The standard InChI is InChI=1S/C19H17N3O2S/c23-11-14-9-16(20-10-18(14)24)19-21-17(12-25-19)13-3-5-15(6-4-13)22-7-1-2-8-22/h3-6,9-12,24H,1-2,7-8H2. The highest BCUT2D eigenvalue weighted by molar-refractivity contribution is 7.13. The highest BCUT2D eigenvalue weighted by Crippen LogP contribution is 2.30. The lowest BCUT2D eigenvalue weighted by Gasteiger charge is -2.17. The van der Waals surface area contributed by atoms with E-state index in [9.17, 15) is 9.90 Å². The average Bonchev–Trinajstić information content (AvgIpc) is 3.34. The van der Waals surface area contributed by atoms with Crippen LogP contribution in [0.3, 0.4) is 0 Å². The van der Waals surface area contributed by atoms with Crippen LogP contribution in [-0.2, 0) is 0 Å². The van der Waals surface area contributed by atoms with Crippen LogP contribution in [-0.4, -0.2) is 34.5 Å². The first-order valence-corrected chi connectivity index (χ1v) is 9.08. The monoisotopic (exact) mass is 351 g/mol. The summed E-state index contributed by atoms with van der Waals surface area (Å²) < 4.78 is 0. The van der Waals surface area contributed by atoms with E-state index in [4.69, 9.17) is 0 Å². The molecule has 1 saturated heterocycles. The van der Waals surface area contributed by atoms with Gasteiger partial charge in [-0.2, -0.15) is 0 Å². The van der Waals surface area contributed by atoms with E-state index >= 15 is 0 Å². The average molecular weight is 351 g/mol. The summed E-state index contributed by atoms with van der Waals surface area (Å²) >= 11 is 1.47. The predicted octanol–water partition coefficient (Wildman–Crippen LogP) is 3.99. The summed E-state index contributed by atoms with van der Waals surface area (Å²) in [6, 6.07) is 10.0. The van der Waals surface area contributed by atoms with Crippen molar-refractivity contribution in [2.75, 3.05) is 18.0 Å². The Morgan fingerprint density at radius 3 is 2.60 bits per heavy atom. The van der Waals surface area contributed by atoms with Crippen molar-refractivity contribution in [3.63, 3.8) is 0 Å². The zero-order valence-corrected chi connectivity index (χ0v) is 14.4. The number of nitrogens with zero attached hydrogens (tertiary/aromatic N) is 3. The minimum absolute atomic E-state index is 0.118. The second-order valence-electron chi connectivity index (χ2n) is 6.03. The SMILES string of the molecule is O=Cc1cc(-c2nc(-c3ccc(N4CCCC4)cc3)cs2)ncc1O. The van der Waals surface area contributed by atoms with E-state index in [1.165, 1.54) is 36.1 Å². The van der Waals surface area contributed by atoms with Crippen molar-refractivity contribution < 1.29 is 9.90 Å². The second kappa shape index (κ2) is 6.64. The first-order chi connectivity index (χ1) is 12.2. The fourth-order valence-corrected chi connectivity index (χ4v) is 3.81. The van der Waals surface area contributed by atoms with E-state index in [-0.39, 0.29) is 11.3 Å². The molecule has 2 aromatic heterocycles. The summed E-state index contributed by atoms with van der Waals surface area (Å²) in [7, 11) is 0. The molecule has 1 aliphatic heterocycles. The predicted molar refractivity (Wildman–Crippen MR) is 99.3 cm³/mol. The molecule has 0 atom stereocenters. The summed E-state index contributed by atoms with van der Waals surface area (Å²) in [5.41, 5.74) is 4.00. The van der Waals surface area contributed by atoms with Crippen LogP contribution < -0.4 is 4.90 Å². The summed E-state index contributed by atoms with van der Waals surface area (Å²) in [6.45, 7) is 2.26. The third-order valence-corrected chi connectivity index (χ3v) is 5.26. The molecule has 0 amide bonds. The van der Waals surface area contributed by atoms with E-state index in [0.29, 0.717) is 12.0 Å². The molecule has 6 heteroatoms. The number of anilines is 1. The molecule has 1 fully saturated rings. The van der Waals surface area contributed by atoms with Crippen molar-refractivity contribution in [2.45, 2.75) is 12.8 Å². The van der Waals surface area contributed by atoms with Crippen LogP contribution in [0, 0.1) is 0 Å². The van der Waals surface area contributed by atoms with Gasteiger partial charge in [0.15, 0.2) is 6.29 Å². The summed E-state index contributed by atoms with van der Waals surface area (Å²) in [5, 5.41) is 12.3. The highest BCUT2D eigenvalue weighted by Gasteiger charge is 2.13. The van der Waals surface area contributed by atoms with Crippen LogP contribution in [0.1, 0.15) is 23.2 Å². The van der Waals surface area contributed by atoms with Crippen molar-refractivity contribution in [3.8, 4) is 27.7 Å². The molecule has 0 saturated carbocycles. The molecule has 3 aromatic rings. The normalized spacial score (nSPS) is 14.0. The van der Waals surface area contributed by atoms with Crippen LogP contribution in [0.2, 0.25) is 0 Å². The Kier molecular flexibility index (Phi) is 4.19. The van der Waals surface area contributed by atoms with Gasteiger partial charge in [0.25, 0.3) is 0 Å². The van der Waals surface area contributed by atoms with Crippen molar-refractivity contribution in [1.82, 2.24) is 9.97 Å². The molecule has 25 heavy (non-hydrogen) atoms. The van der Waals surface area contributed by atoms with Gasteiger partial charge in [0.05, 0.1) is 23.1 Å². The molecule has 3 heterocycles. The molecule has 126 valence electrons. The lowest BCUT2D eigenvalue weighted by Crippen LogP contribution is -2.17. The number of aldehydes is 1. The van der Waals surface area contributed by atoms with Gasteiger partial charge in [-0.15, -0.1) is 11.3 Å². The number of carbonyl (C=O) groups excluding carboxylic acids is 1. The molecule has 0 unspecified atom stereocenters. The third kappa shape index (κ3) is 3.13. The van der Waals surface area contributed by atoms with E-state index in [0.717, 1.165) is 29.4 Å². The van der Waals surface area contributed by atoms with Gasteiger partial charge in [0.2, 0.25) is 0 Å². The van der Waals surface area contributed by atoms with E-state index in [1.807, 2.05) is 5.38 Å². The molecule has 4 rings (SSSR count). The number of rotatable bonds is 4. The minimum Gasteiger partial charge on any atom is -0.506 e. The maximum Gasteiger partial charge on any atom is 0.153 e. The Morgan fingerprint density at radius 2 is 1.88 bits per heavy atom. The smallest absolute Gasteiger partial charge is 0.153 e. The molecule has 0 bridgehead atoms. The molecule has 0 aliphatic carbocycles. The van der Waals surface area contributed by atoms with Gasteiger partial charge in [-0.05, 0) is 31.0 Å². The Labute approximate surface area is 149 Å². The van der Waals surface area contributed by atoms with Gasteiger partial charge in [0, 0.05) is 29.7 Å². The molecule has 0 radical (unpaired) electrons. The largest absolute Gasteiger partial charge is 0.506 e. The Bertz CT molecular complexity index is 899. The van der Waals surface area contributed by atoms with Crippen LogP contribution in [0.15, 0.2) is 41.9 Å². The number of aromatic hydroxyl groups is 1. The zero-order chi connectivity index (χ0) is 17.2. The number of hydrogen-bond donors (Lipinski definition) is 1. The maximum absolute atomic E-state index is 11.0. The van der Waals surface area contributed by atoms with Crippen LogP contribution in [0.4, 0.5) is 5.69 Å². The van der Waals surface area contributed by atoms with Crippen molar-refractivity contribution in [1.29, 1.82) is 0 Å². The molecular weight excluding hydrogens is 334 g/mol. The van der Waals surface area contributed by atoms with Gasteiger partial charge in [-0.3, -0.25) is 4.79 Å². The minimum atomic E-state index is -0.118. The van der Waals surface area contributed by atoms with E-state index in [1.54, 1.807) is 6.07 Å². The zero-order valence-electron chi connectivity index (χ0n) is 13.6. The number of aromatic nitrogens is 2. The van der Waals surface area contributed by atoms with Gasteiger partial charge in [-0.25, -0.2) is 9.97 Å². The molecule has 1 aliphatic rings. The topological polar surface area (TPSA) is 66.3 Å². The number of carbonyl (C=O) groups is 1. The summed E-state index contributed by atoms with van der Waals surface area (Å²) in [4.78, 5) is 22.2. The summed E-state index contributed by atoms with van der Waals surface area (Å²) in [5.74, 6) is -0.118. The quantitative estimate of drug-likeness (QED) is 0.720. The Hall–Kier alpha value is -2.73. The first-order valence-electron chi connectivity index (χ1n) is 8.20. The second-order valence-corrected chi connectivity index (χ2v) is 6.88. The fraction of sp³-hybridized carbons (Fsp3) is 0.211. The third-order valence-electron chi connectivity index (χ3n) is 4.40. The lowest BCUT2D eigenvalue weighted by atomic mass is 10.1. The number of pyridine rings is 1. The molecule has 0 spiro atoms. The maximum atomic E-state index is 11.0. The van der Waals surface area contributed by atoms with Crippen LogP contribution >= 0.6 is 11.3 Å². The number of hydrogen-bond acceptors (Lipinski definition) is 6. The van der Waals surface area contributed by atoms with Crippen LogP contribution in [0.25, 0.3) is 22.0 Å². The fourth-order valence-electron chi connectivity index (χ4n) is 3.02. The summed E-state index contributed by atoms with van der Waals surface area (Å²) in [6.07, 6.45) is 4.43. The molecule has 1 N–H and O–H groups in total. The van der Waals surface area contributed by atoms with Gasteiger partial charge < -0.3 is 10.0 Å². The van der Waals surface area contributed by atoms with E-state index < -0.39 is 0 Å². The van der Waals surface area contributed by atoms with Gasteiger partial charge in [-0.1, -0.05) is 12.1 Å². The Morgan fingerprint density at radius 1 is 1.12 bits per heavy atom. The Balaban J connectivity index is 1.59. The van der Waals surface area contributed by atoms with E-state index in [2.05, 4.69) is 39.1 Å². The first kappa shape index (κ1) is 15.8. The molecule has 1 aromatic carbocycles. The van der Waals surface area contributed by atoms with Crippen molar-refractivity contribution in [2.24, 2.45) is 0 Å². The van der Waals surface area contributed by atoms with Crippen molar-refractivity contribution in [3.05, 3.63) is 47.5 Å². The number of benzene rings is 1. The lowest BCUT2D eigenvalue weighted by molar-refractivity contribution is 0.112. The molecule has 5 nitrogen and oxygen atoms in total. The van der Waals surface area contributed by atoms with Gasteiger partial charge in [0.1, 0.15) is 10.8 Å².